The van der Waals surface area contributed by atoms with Crippen molar-refractivity contribution in [3.63, 3.8) is 0 Å². The first-order chi connectivity index (χ1) is 13.1. The predicted molar refractivity (Wildman–Crippen MR) is 111 cm³/mol. The molecular weight excluding hydrogens is 328 g/mol. The Morgan fingerprint density at radius 2 is 1.44 bits per heavy atom. The monoisotopic (exact) mass is 357 g/mol. The zero-order valence-electron chi connectivity index (χ0n) is 16.8. The topological polar surface area (TPSA) is 8.81 Å². The normalized spacial score (nSPS) is 20.2. The van der Waals surface area contributed by atoms with Crippen molar-refractivity contribution in [1.82, 2.24) is 4.57 Å². The lowest BCUT2D eigenvalue weighted by Gasteiger charge is -2.27. The number of hydrogen-bond acceptors (Lipinski definition) is 0. The van der Waals surface area contributed by atoms with Gasteiger partial charge >= 0.3 is 0 Å². The van der Waals surface area contributed by atoms with E-state index in [1.165, 1.54) is 33.6 Å². The Bertz CT molecular complexity index is 929. The van der Waals surface area contributed by atoms with Crippen molar-refractivity contribution < 1.29 is 4.57 Å². The van der Waals surface area contributed by atoms with Crippen LogP contribution in [0.5, 0.6) is 0 Å². The van der Waals surface area contributed by atoms with E-state index in [1.807, 2.05) is 0 Å². The van der Waals surface area contributed by atoms with Gasteiger partial charge in [-0.25, -0.2) is 9.13 Å². The van der Waals surface area contributed by atoms with Crippen molar-refractivity contribution in [1.29, 1.82) is 0 Å². The molecule has 3 aromatic rings. The van der Waals surface area contributed by atoms with Gasteiger partial charge in [-0.2, -0.15) is 0 Å². The number of rotatable bonds is 2. The van der Waals surface area contributed by atoms with Crippen LogP contribution in [0.25, 0.3) is 22.5 Å². The number of imidazole rings is 1. The summed E-state index contributed by atoms with van der Waals surface area (Å²) in [6, 6.07) is 19.1. The van der Waals surface area contributed by atoms with Crippen LogP contribution in [0.4, 0.5) is 0 Å². The Morgan fingerprint density at radius 1 is 0.815 bits per heavy atom. The van der Waals surface area contributed by atoms with E-state index in [9.17, 15) is 0 Å². The highest BCUT2D eigenvalue weighted by atomic mass is 15.2. The van der Waals surface area contributed by atoms with E-state index in [-0.39, 0.29) is 0 Å². The van der Waals surface area contributed by atoms with Crippen molar-refractivity contribution in [3.05, 3.63) is 66.0 Å². The molecule has 2 atom stereocenters. The third kappa shape index (κ3) is 2.42. The molecule has 0 saturated heterocycles. The lowest BCUT2D eigenvalue weighted by molar-refractivity contribution is -0.720. The van der Waals surface area contributed by atoms with Crippen LogP contribution in [0.1, 0.15) is 50.9 Å². The second-order valence-electron chi connectivity index (χ2n) is 8.97. The van der Waals surface area contributed by atoms with Gasteiger partial charge in [0.2, 0.25) is 6.33 Å². The maximum Gasteiger partial charge on any atom is 0.245 e. The van der Waals surface area contributed by atoms with E-state index in [2.05, 4.69) is 91.7 Å². The second kappa shape index (κ2) is 6.09. The smallest absolute Gasteiger partial charge is 0.226 e. The molecule has 27 heavy (non-hydrogen) atoms. The van der Waals surface area contributed by atoms with Gasteiger partial charge in [0.15, 0.2) is 11.4 Å². The second-order valence-corrected chi connectivity index (χ2v) is 8.97. The average Bonchev–Trinajstić information content (AvgIpc) is 3.07. The zero-order valence-corrected chi connectivity index (χ0v) is 16.8. The molecule has 138 valence electrons. The van der Waals surface area contributed by atoms with E-state index >= 15 is 0 Å². The van der Waals surface area contributed by atoms with E-state index < -0.39 is 0 Å². The average molecular weight is 358 g/mol. The summed E-state index contributed by atoms with van der Waals surface area (Å²) in [6.07, 6.45) is 4.69. The molecular formula is C25H29N2+. The third-order valence-electron chi connectivity index (χ3n) is 6.65. The Balaban J connectivity index is 1.86. The van der Waals surface area contributed by atoms with Crippen LogP contribution in [0.15, 0.2) is 54.9 Å². The van der Waals surface area contributed by atoms with Crippen LogP contribution in [-0.4, -0.2) is 4.57 Å². The third-order valence-corrected chi connectivity index (χ3v) is 6.65. The Hall–Kier alpha value is -2.35. The summed E-state index contributed by atoms with van der Waals surface area (Å²) in [6.45, 7) is 9.44. The van der Waals surface area contributed by atoms with Gasteiger partial charge in [-0.3, -0.25) is 0 Å². The fourth-order valence-corrected chi connectivity index (χ4v) is 5.15. The molecule has 0 amide bonds. The summed E-state index contributed by atoms with van der Waals surface area (Å²) < 4.78 is 5.19. The minimum Gasteiger partial charge on any atom is -0.226 e. The van der Waals surface area contributed by atoms with Gasteiger partial charge in [0.1, 0.15) is 12.1 Å². The summed E-state index contributed by atoms with van der Waals surface area (Å²) in [4.78, 5) is 0. The summed E-state index contributed by atoms with van der Waals surface area (Å²) in [5, 5.41) is 0. The number of aromatic nitrogens is 2. The molecule has 0 aliphatic carbocycles. The van der Waals surface area contributed by atoms with Crippen LogP contribution in [0.2, 0.25) is 0 Å². The summed E-state index contributed by atoms with van der Waals surface area (Å²) in [5.41, 5.74) is 8.68. The van der Waals surface area contributed by atoms with Crippen molar-refractivity contribution in [2.45, 2.75) is 52.6 Å². The molecule has 2 heteroatoms. The van der Waals surface area contributed by atoms with Gasteiger partial charge in [-0.05, 0) is 23.0 Å². The van der Waals surface area contributed by atoms with Crippen LogP contribution >= 0.6 is 0 Å². The first kappa shape index (κ1) is 16.8. The van der Waals surface area contributed by atoms with Crippen molar-refractivity contribution in [3.8, 4) is 22.5 Å². The standard InChI is InChI=1S/C25H29N2/c1-16(2)22-13-18-9-5-7-11-20(18)24-25-21-12-8-6-10-19(21)14-23(17(3)4)27(25)15-26(22)24/h5-12,15-17,22-23H,13-14H2,1-4H3/q+1/t22-,23-/m1/s1. The quantitative estimate of drug-likeness (QED) is 0.527. The van der Waals surface area contributed by atoms with E-state index in [0.717, 1.165) is 12.8 Å². The molecule has 0 bridgehead atoms. The molecule has 3 heterocycles. The summed E-state index contributed by atoms with van der Waals surface area (Å²) in [7, 11) is 0. The molecule has 5 rings (SSSR count). The molecule has 0 spiro atoms. The predicted octanol–water partition coefficient (Wildman–Crippen LogP) is 5.62. The largest absolute Gasteiger partial charge is 0.245 e. The van der Waals surface area contributed by atoms with E-state index in [1.54, 1.807) is 0 Å². The van der Waals surface area contributed by atoms with Gasteiger partial charge in [-0.15, -0.1) is 0 Å². The van der Waals surface area contributed by atoms with Gasteiger partial charge in [0.05, 0.1) is 0 Å². The molecule has 0 saturated carbocycles. The molecule has 0 N–H and O–H groups in total. The number of benzene rings is 2. The fraction of sp³-hybridized carbons (Fsp3) is 0.400. The Morgan fingerprint density at radius 3 is 2.11 bits per heavy atom. The highest BCUT2D eigenvalue weighted by molar-refractivity contribution is 5.81. The first-order valence-electron chi connectivity index (χ1n) is 10.4. The molecule has 2 aromatic carbocycles. The van der Waals surface area contributed by atoms with Gasteiger partial charge < -0.3 is 0 Å². The van der Waals surface area contributed by atoms with Gasteiger partial charge in [0, 0.05) is 24.0 Å². The van der Waals surface area contributed by atoms with Gasteiger partial charge in [0.25, 0.3) is 0 Å². The maximum atomic E-state index is 2.60. The number of hydrogen-bond donors (Lipinski definition) is 0. The summed E-state index contributed by atoms with van der Waals surface area (Å²) >= 11 is 0. The van der Waals surface area contributed by atoms with Crippen LogP contribution in [-0.2, 0) is 12.8 Å². The lowest BCUT2D eigenvalue weighted by atomic mass is 9.84. The fourth-order valence-electron chi connectivity index (χ4n) is 5.15. The van der Waals surface area contributed by atoms with Gasteiger partial charge in [-0.1, -0.05) is 76.2 Å². The highest BCUT2D eigenvalue weighted by Gasteiger charge is 2.41. The molecule has 2 aliphatic rings. The van der Waals surface area contributed by atoms with E-state index in [4.69, 9.17) is 0 Å². The maximum absolute atomic E-state index is 2.60. The summed E-state index contributed by atoms with van der Waals surface area (Å²) in [5.74, 6) is 1.22. The van der Waals surface area contributed by atoms with Crippen LogP contribution in [0.3, 0.4) is 0 Å². The van der Waals surface area contributed by atoms with Crippen molar-refractivity contribution >= 4 is 0 Å². The molecule has 0 radical (unpaired) electrons. The zero-order chi connectivity index (χ0) is 18.7. The molecule has 0 unspecified atom stereocenters. The molecule has 2 nitrogen and oxygen atoms in total. The lowest BCUT2D eigenvalue weighted by Crippen LogP contribution is -2.46. The molecule has 1 aromatic heterocycles. The van der Waals surface area contributed by atoms with Crippen molar-refractivity contribution in [2.24, 2.45) is 11.8 Å². The Labute approximate surface area is 162 Å². The van der Waals surface area contributed by atoms with Crippen molar-refractivity contribution in [2.75, 3.05) is 0 Å². The highest BCUT2D eigenvalue weighted by Crippen LogP contribution is 2.45. The molecule has 0 fully saturated rings. The first-order valence-corrected chi connectivity index (χ1v) is 10.4. The van der Waals surface area contributed by atoms with Crippen LogP contribution < -0.4 is 4.57 Å². The Kier molecular flexibility index (Phi) is 3.79. The minimum atomic E-state index is 0.521. The number of fused-ring (bicyclic) bond motifs is 7. The minimum absolute atomic E-state index is 0.521. The SMILES string of the molecule is CC(C)[C@H]1Cc2ccccc2-c2c3[n+](cn21)[C@@H](C(C)C)Cc1ccccc1-3. The van der Waals surface area contributed by atoms with E-state index in [0.29, 0.717) is 23.9 Å². The number of nitrogens with zero attached hydrogens (tertiary/aromatic N) is 2. The molecule has 2 aliphatic heterocycles. The van der Waals surface area contributed by atoms with Crippen LogP contribution in [0, 0.1) is 11.8 Å².